The maximum atomic E-state index is 11.7. The summed E-state index contributed by atoms with van der Waals surface area (Å²) in [6, 6.07) is 0.164. The summed E-state index contributed by atoms with van der Waals surface area (Å²) in [5, 5.41) is 3.11. The zero-order valence-electron chi connectivity index (χ0n) is 9.87. The molecule has 0 aliphatic carbocycles. The quantitative estimate of drug-likeness (QED) is 0.669. The van der Waals surface area contributed by atoms with Gasteiger partial charge in [-0.1, -0.05) is 6.92 Å². The first kappa shape index (κ1) is 14.3. The zero-order chi connectivity index (χ0) is 11.9. The maximum absolute atomic E-state index is 11.7. The standard InChI is InChI=1S/C10H22N2O2S2/c1-2-5-11-6-9-16(13,14)12-10-3-7-15-8-4-10/h10-12H,2-9H2,1H3. The largest absolute Gasteiger partial charge is 0.316 e. The van der Waals surface area contributed by atoms with Crippen LogP contribution < -0.4 is 10.0 Å². The second kappa shape index (κ2) is 7.53. The third-order valence-electron chi connectivity index (χ3n) is 2.54. The number of sulfonamides is 1. The number of rotatable bonds is 7. The van der Waals surface area contributed by atoms with Crippen LogP contribution in [0.15, 0.2) is 0 Å². The van der Waals surface area contributed by atoms with Crippen LogP contribution in [0.2, 0.25) is 0 Å². The third-order valence-corrected chi connectivity index (χ3v) is 5.02. The van der Waals surface area contributed by atoms with Crippen LogP contribution >= 0.6 is 11.8 Å². The van der Waals surface area contributed by atoms with Gasteiger partial charge in [-0.05, 0) is 37.3 Å². The van der Waals surface area contributed by atoms with Gasteiger partial charge in [0.2, 0.25) is 10.0 Å². The second-order valence-electron chi connectivity index (χ2n) is 4.07. The summed E-state index contributed by atoms with van der Waals surface area (Å²) in [6.45, 7) is 3.50. The van der Waals surface area contributed by atoms with Crippen LogP contribution in [0.1, 0.15) is 26.2 Å². The second-order valence-corrected chi connectivity index (χ2v) is 7.17. The van der Waals surface area contributed by atoms with Gasteiger partial charge in [0.25, 0.3) is 0 Å². The molecule has 2 N–H and O–H groups in total. The van der Waals surface area contributed by atoms with E-state index in [0.29, 0.717) is 6.54 Å². The molecule has 96 valence electrons. The lowest BCUT2D eigenvalue weighted by molar-refractivity contribution is 0.526. The molecule has 0 amide bonds. The minimum absolute atomic E-state index is 0.164. The highest BCUT2D eigenvalue weighted by Gasteiger charge is 2.19. The van der Waals surface area contributed by atoms with E-state index in [1.807, 2.05) is 11.8 Å². The van der Waals surface area contributed by atoms with Crippen molar-refractivity contribution < 1.29 is 8.42 Å². The first-order valence-electron chi connectivity index (χ1n) is 5.92. The van der Waals surface area contributed by atoms with Crippen molar-refractivity contribution in [2.45, 2.75) is 32.2 Å². The Morgan fingerprint density at radius 3 is 2.56 bits per heavy atom. The Morgan fingerprint density at radius 1 is 1.25 bits per heavy atom. The van der Waals surface area contributed by atoms with E-state index in [0.717, 1.165) is 37.3 Å². The summed E-state index contributed by atoms with van der Waals surface area (Å²) >= 11 is 1.90. The van der Waals surface area contributed by atoms with E-state index in [-0.39, 0.29) is 11.8 Å². The molecule has 0 unspecified atom stereocenters. The van der Waals surface area contributed by atoms with Crippen LogP contribution in [0, 0.1) is 0 Å². The van der Waals surface area contributed by atoms with Crippen molar-refractivity contribution in [3.8, 4) is 0 Å². The van der Waals surface area contributed by atoms with Crippen molar-refractivity contribution in [2.24, 2.45) is 0 Å². The molecule has 0 spiro atoms. The summed E-state index contributed by atoms with van der Waals surface area (Å²) < 4.78 is 26.2. The van der Waals surface area contributed by atoms with E-state index in [4.69, 9.17) is 0 Å². The van der Waals surface area contributed by atoms with E-state index in [1.54, 1.807) is 0 Å². The molecule has 1 fully saturated rings. The Hall–Kier alpha value is 0.220. The molecule has 1 aliphatic heterocycles. The lowest BCUT2D eigenvalue weighted by Crippen LogP contribution is -2.40. The summed E-state index contributed by atoms with van der Waals surface area (Å²) in [5.41, 5.74) is 0. The number of hydrogen-bond donors (Lipinski definition) is 2. The summed E-state index contributed by atoms with van der Waals surface area (Å²) in [6.07, 6.45) is 2.96. The van der Waals surface area contributed by atoms with E-state index in [9.17, 15) is 8.42 Å². The van der Waals surface area contributed by atoms with Gasteiger partial charge in [-0.25, -0.2) is 13.1 Å². The highest BCUT2D eigenvalue weighted by atomic mass is 32.2. The molecule has 0 bridgehead atoms. The molecule has 0 saturated carbocycles. The molecule has 1 rings (SSSR count). The van der Waals surface area contributed by atoms with Crippen molar-refractivity contribution in [1.82, 2.24) is 10.0 Å². The molecule has 4 nitrogen and oxygen atoms in total. The maximum Gasteiger partial charge on any atom is 0.213 e. The van der Waals surface area contributed by atoms with Crippen LogP contribution in [0.25, 0.3) is 0 Å². The molecular weight excluding hydrogens is 244 g/mol. The van der Waals surface area contributed by atoms with Gasteiger partial charge < -0.3 is 5.32 Å². The molecular formula is C10H22N2O2S2. The van der Waals surface area contributed by atoms with Gasteiger partial charge in [0, 0.05) is 12.6 Å². The number of hydrogen-bond acceptors (Lipinski definition) is 4. The number of thioether (sulfide) groups is 1. The third kappa shape index (κ3) is 6.08. The van der Waals surface area contributed by atoms with Crippen LogP contribution in [-0.2, 0) is 10.0 Å². The average Bonchev–Trinajstić information content (AvgIpc) is 2.25. The lowest BCUT2D eigenvalue weighted by atomic mass is 10.2. The fraction of sp³-hybridized carbons (Fsp3) is 1.00. The van der Waals surface area contributed by atoms with Crippen molar-refractivity contribution in [3.05, 3.63) is 0 Å². The lowest BCUT2D eigenvalue weighted by Gasteiger charge is -2.22. The monoisotopic (exact) mass is 266 g/mol. The smallest absolute Gasteiger partial charge is 0.213 e. The van der Waals surface area contributed by atoms with Crippen LogP contribution in [0.4, 0.5) is 0 Å². The molecule has 0 atom stereocenters. The molecule has 1 saturated heterocycles. The predicted molar refractivity (Wildman–Crippen MR) is 70.4 cm³/mol. The van der Waals surface area contributed by atoms with Crippen LogP contribution in [-0.4, -0.2) is 44.8 Å². The Bertz CT molecular complexity index is 275. The predicted octanol–water partition coefficient (Wildman–Crippen LogP) is 0.801. The fourth-order valence-electron chi connectivity index (χ4n) is 1.64. The van der Waals surface area contributed by atoms with Gasteiger partial charge in [0.1, 0.15) is 0 Å². The molecule has 0 aromatic carbocycles. The average molecular weight is 266 g/mol. The summed E-state index contributed by atoms with van der Waals surface area (Å²) in [7, 11) is -3.08. The zero-order valence-corrected chi connectivity index (χ0v) is 11.5. The van der Waals surface area contributed by atoms with Gasteiger partial charge in [0.05, 0.1) is 5.75 Å². The van der Waals surface area contributed by atoms with Crippen molar-refractivity contribution in [1.29, 1.82) is 0 Å². The molecule has 1 heterocycles. The Morgan fingerprint density at radius 2 is 1.94 bits per heavy atom. The van der Waals surface area contributed by atoms with Gasteiger partial charge in [-0.2, -0.15) is 11.8 Å². The topological polar surface area (TPSA) is 58.2 Å². The van der Waals surface area contributed by atoms with Gasteiger partial charge in [0.15, 0.2) is 0 Å². The SMILES string of the molecule is CCCNCCS(=O)(=O)NC1CCSCC1. The summed E-state index contributed by atoms with van der Waals surface area (Å²) in [5.74, 6) is 2.33. The van der Waals surface area contributed by atoms with Gasteiger partial charge in [-0.15, -0.1) is 0 Å². The summed E-state index contributed by atoms with van der Waals surface area (Å²) in [4.78, 5) is 0. The fourth-order valence-corrected chi connectivity index (χ4v) is 4.02. The first-order chi connectivity index (χ1) is 7.64. The molecule has 1 aliphatic rings. The molecule has 0 radical (unpaired) electrons. The normalized spacial score (nSPS) is 18.8. The first-order valence-corrected chi connectivity index (χ1v) is 8.73. The number of nitrogens with one attached hydrogen (secondary N) is 2. The van der Waals surface area contributed by atoms with E-state index >= 15 is 0 Å². The molecule has 6 heteroatoms. The minimum atomic E-state index is -3.08. The van der Waals surface area contributed by atoms with Gasteiger partial charge >= 0.3 is 0 Å². The molecule has 0 aromatic heterocycles. The minimum Gasteiger partial charge on any atom is -0.316 e. The van der Waals surface area contributed by atoms with E-state index < -0.39 is 10.0 Å². The van der Waals surface area contributed by atoms with E-state index in [2.05, 4.69) is 17.0 Å². The van der Waals surface area contributed by atoms with E-state index in [1.165, 1.54) is 0 Å². The van der Waals surface area contributed by atoms with Crippen LogP contribution in [0.5, 0.6) is 0 Å². The van der Waals surface area contributed by atoms with Crippen molar-refractivity contribution >= 4 is 21.8 Å². The van der Waals surface area contributed by atoms with Gasteiger partial charge in [-0.3, -0.25) is 0 Å². The van der Waals surface area contributed by atoms with Crippen molar-refractivity contribution in [2.75, 3.05) is 30.3 Å². The highest BCUT2D eigenvalue weighted by molar-refractivity contribution is 7.99. The Kier molecular flexibility index (Phi) is 6.72. The Balaban J connectivity index is 2.22. The molecule has 0 aromatic rings. The van der Waals surface area contributed by atoms with Crippen LogP contribution in [0.3, 0.4) is 0 Å². The Labute approximate surface area is 103 Å². The molecule has 16 heavy (non-hydrogen) atoms. The van der Waals surface area contributed by atoms with Crippen molar-refractivity contribution in [3.63, 3.8) is 0 Å². The highest BCUT2D eigenvalue weighted by Crippen LogP contribution is 2.17.